The van der Waals surface area contributed by atoms with Crippen molar-refractivity contribution < 1.29 is 4.79 Å². The quantitative estimate of drug-likeness (QED) is 0.894. The van der Waals surface area contributed by atoms with Gasteiger partial charge in [0.15, 0.2) is 0 Å². The molecule has 0 saturated carbocycles. The van der Waals surface area contributed by atoms with Gasteiger partial charge in [-0.3, -0.25) is 4.79 Å². The lowest BCUT2D eigenvalue weighted by molar-refractivity contribution is -0.135. The number of hydrogen-bond acceptors (Lipinski definition) is 5. The molecule has 0 unspecified atom stereocenters. The van der Waals surface area contributed by atoms with E-state index in [1.165, 1.54) is 4.80 Å². The van der Waals surface area contributed by atoms with E-state index in [9.17, 15) is 4.79 Å². The van der Waals surface area contributed by atoms with Crippen LogP contribution >= 0.6 is 12.4 Å². The summed E-state index contributed by atoms with van der Waals surface area (Å²) < 4.78 is 0. The number of halogens is 1. The molecule has 1 aliphatic rings. The monoisotopic (exact) mass is 322 g/mol. The first-order valence-corrected chi connectivity index (χ1v) is 7.07. The number of piperazine rings is 1. The molecule has 118 valence electrons. The summed E-state index contributed by atoms with van der Waals surface area (Å²) >= 11 is 0. The van der Waals surface area contributed by atoms with Crippen LogP contribution in [0.5, 0.6) is 0 Å². The Morgan fingerprint density at radius 1 is 1.36 bits per heavy atom. The molecule has 1 atom stereocenters. The third-order valence-electron chi connectivity index (χ3n) is 3.58. The van der Waals surface area contributed by atoms with Gasteiger partial charge >= 0.3 is 0 Å². The molecule has 1 aromatic heterocycles. The molecule has 1 N–H and O–H groups in total. The van der Waals surface area contributed by atoms with E-state index >= 15 is 0 Å². The van der Waals surface area contributed by atoms with Crippen molar-refractivity contribution in [2.45, 2.75) is 19.5 Å². The molecule has 3 rings (SSSR count). The Hall–Kier alpha value is -1.99. The molecule has 1 aromatic carbocycles. The van der Waals surface area contributed by atoms with Crippen molar-refractivity contribution in [3.8, 4) is 11.4 Å². The van der Waals surface area contributed by atoms with Gasteiger partial charge in [0.2, 0.25) is 11.7 Å². The second-order valence-corrected chi connectivity index (χ2v) is 5.15. The van der Waals surface area contributed by atoms with E-state index < -0.39 is 0 Å². The van der Waals surface area contributed by atoms with Crippen LogP contribution < -0.4 is 5.32 Å². The maximum absolute atomic E-state index is 12.3. The molecule has 0 radical (unpaired) electrons. The topological polar surface area (TPSA) is 75.9 Å². The SMILES string of the molecule is C[C@H]1CNCCN1C(=O)Cn1nnc(-c2ccccc2)n1.Cl. The van der Waals surface area contributed by atoms with Crippen LogP contribution in [0.15, 0.2) is 30.3 Å². The van der Waals surface area contributed by atoms with Crippen LogP contribution in [0.2, 0.25) is 0 Å². The van der Waals surface area contributed by atoms with E-state index in [0.717, 1.165) is 25.2 Å². The average molecular weight is 323 g/mol. The van der Waals surface area contributed by atoms with Gasteiger partial charge in [-0.15, -0.1) is 22.6 Å². The number of rotatable bonds is 3. The van der Waals surface area contributed by atoms with Crippen molar-refractivity contribution in [2.75, 3.05) is 19.6 Å². The molecule has 1 fully saturated rings. The van der Waals surface area contributed by atoms with Crippen LogP contribution in [-0.2, 0) is 11.3 Å². The fourth-order valence-electron chi connectivity index (χ4n) is 2.44. The van der Waals surface area contributed by atoms with Crippen molar-refractivity contribution in [1.29, 1.82) is 0 Å². The van der Waals surface area contributed by atoms with Crippen LogP contribution in [0.4, 0.5) is 0 Å². The summed E-state index contributed by atoms with van der Waals surface area (Å²) in [6, 6.07) is 9.81. The smallest absolute Gasteiger partial charge is 0.246 e. The molecule has 8 heteroatoms. The van der Waals surface area contributed by atoms with Gasteiger partial charge in [0.1, 0.15) is 6.54 Å². The molecule has 7 nitrogen and oxygen atoms in total. The van der Waals surface area contributed by atoms with E-state index in [2.05, 4.69) is 20.7 Å². The highest BCUT2D eigenvalue weighted by Gasteiger charge is 2.23. The van der Waals surface area contributed by atoms with Crippen molar-refractivity contribution in [3.05, 3.63) is 30.3 Å². The third kappa shape index (κ3) is 3.61. The van der Waals surface area contributed by atoms with Gasteiger partial charge in [-0.05, 0) is 12.1 Å². The number of tetrazole rings is 1. The molecule has 1 saturated heterocycles. The molecule has 1 aliphatic heterocycles. The minimum absolute atomic E-state index is 0. The van der Waals surface area contributed by atoms with Crippen molar-refractivity contribution in [2.24, 2.45) is 0 Å². The Balaban J connectivity index is 0.00000176. The van der Waals surface area contributed by atoms with Crippen molar-refractivity contribution in [1.82, 2.24) is 30.4 Å². The highest BCUT2D eigenvalue weighted by molar-refractivity contribution is 5.85. The Labute approximate surface area is 135 Å². The highest BCUT2D eigenvalue weighted by Crippen LogP contribution is 2.12. The number of benzene rings is 1. The van der Waals surface area contributed by atoms with Crippen LogP contribution in [0.1, 0.15) is 6.92 Å². The van der Waals surface area contributed by atoms with Crippen LogP contribution in [0.25, 0.3) is 11.4 Å². The molecular weight excluding hydrogens is 304 g/mol. The lowest BCUT2D eigenvalue weighted by atomic mass is 10.2. The zero-order valence-corrected chi connectivity index (χ0v) is 13.2. The first-order valence-electron chi connectivity index (χ1n) is 7.07. The number of nitrogens with zero attached hydrogens (tertiary/aromatic N) is 5. The van der Waals surface area contributed by atoms with Gasteiger partial charge in [-0.1, -0.05) is 30.3 Å². The Bertz CT molecular complexity index is 617. The minimum atomic E-state index is 0. The summed E-state index contributed by atoms with van der Waals surface area (Å²) in [5.41, 5.74) is 0.895. The van der Waals surface area contributed by atoms with Gasteiger partial charge in [-0.25, -0.2) is 0 Å². The maximum atomic E-state index is 12.3. The zero-order chi connectivity index (χ0) is 14.7. The Morgan fingerprint density at radius 3 is 2.86 bits per heavy atom. The van der Waals surface area contributed by atoms with Gasteiger partial charge in [0, 0.05) is 31.2 Å². The molecule has 0 bridgehead atoms. The third-order valence-corrected chi connectivity index (χ3v) is 3.58. The summed E-state index contributed by atoms with van der Waals surface area (Å²) in [6.07, 6.45) is 0. The van der Waals surface area contributed by atoms with E-state index in [0.29, 0.717) is 5.82 Å². The number of hydrogen-bond donors (Lipinski definition) is 1. The molecule has 0 aliphatic carbocycles. The van der Waals surface area contributed by atoms with Crippen molar-refractivity contribution in [3.63, 3.8) is 0 Å². The standard InChI is InChI=1S/C14H18N6O.ClH/c1-11-9-15-7-8-19(11)13(21)10-20-17-14(16-18-20)12-5-3-2-4-6-12;/h2-6,11,15H,7-10H2,1H3;1H/t11-;/m0./s1. The largest absolute Gasteiger partial charge is 0.336 e. The molecule has 2 aromatic rings. The summed E-state index contributed by atoms with van der Waals surface area (Å²) in [7, 11) is 0. The lowest BCUT2D eigenvalue weighted by Gasteiger charge is -2.33. The van der Waals surface area contributed by atoms with Gasteiger partial charge in [0.25, 0.3) is 0 Å². The van der Waals surface area contributed by atoms with Gasteiger partial charge in [0.05, 0.1) is 0 Å². The number of aromatic nitrogens is 4. The average Bonchev–Trinajstić information content (AvgIpc) is 2.97. The number of amides is 1. The number of carbonyl (C=O) groups excluding carboxylic acids is 1. The minimum Gasteiger partial charge on any atom is -0.336 e. The molecular formula is C14H19ClN6O. The second-order valence-electron chi connectivity index (χ2n) is 5.15. The predicted molar refractivity (Wildman–Crippen MR) is 84.5 cm³/mol. The van der Waals surface area contributed by atoms with Gasteiger partial charge in [-0.2, -0.15) is 4.80 Å². The Morgan fingerprint density at radius 2 is 2.14 bits per heavy atom. The summed E-state index contributed by atoms with van der Waals surface area (Å²) in [5, 5.41) is 15.5. The molecule has 2 heterocycles. The highest BCUT2D eigenvalue weighted by atomic mass is 35.5. The Kier molecular flexibility index (Phi) is 5.46. The zero-order valence-electron chi connectivity index (χ0n) is 12.3. The first-order chi connectivity index (χ1) is 10.2. The molecule has 22 heavy (non-hydrogen) atoms. The normalized spacial score (nSPS) is 17.9. The van der Waals surface area contributed by atoms with Crippen LogP contribution in [0.3, 0.4) is 0 Å². The second kappa shape index (κ2) is 7.33. The fourth-order valence-corrected chi connectivity index (χ4v) is 2.44. The summed E-state index contributed by atoms with van der Waals surface area (Å²) in [4.78, 5) is 15.5. The van der Waals surface area contributed by atoms with E-state index in [1.54, 1.807) is 0 Å². The van der Waals surface area contributed by atoms with E-state index in [1.807, 2.05) is 42.2 Å². The molecule has 0 spiro atoms. The predicted octanol–water partition coefficient (Wildman–Crippen LogP) is 0.582. The fraction of sp³-hybridized carbons (Fsp3) is 0.429. The van der Waals surface area contributed by atoms with E-state index in [4.69, 9.17) is 0 Å². The lowest BCUT2D eigenvalue weighted by Crippen LogP contribution is -2.53. The van der Waals surface area contributed by atoms with E-state index in [-0.39, 0.29) is 30.9 Å². The summed E-state index contributed by atoms with van der Waals surface area (Å²) in [5.74, 6) is 0.567. The maximum Gasteiger partial charge on any atom is 0.246 e. The van der Waals surface area contributed by atoms with Crippen molar-refractivity contribution >= 4 is 18.3 Å². The van der Waals surface area contributed by atoms with Crippen LogP contribution in [0, 0.1) is 0 Å². The number of carbonyl (C=O) groups is 1. The van der Waals surface area contributed by atoms with Gasteiger partial charge < -0.3 is 10.2 Å². The molecule has 1 amide bonds. The van der Waals surface area contributed by atoms with Crippen LogP contribution in [-0.4, -0.2) is 56.7 Å². The summed E-state index contributed by atoms with van der Waals surface area (Å²) in [6.45, 7) is 4.54. The first kappa shape index (κ1) is 16.4. The number of nitrogens with one attached hydrogen (secondary N) is 1.